The molecule has 3 aromatic rings. The smallest absolute Gasteiger partial charge is 0.332 e. The molecule has 0 aliphatic rings. The third-order valence-corrected chi connectivity index (χ3v) is 5.32. The first-order valence-electron chi connectivity index (χ1n) is 9.90. The Morgan fingerprint density at radius 3 is 2.50 bits per heavy atom. The lowest BCUT2D eigenvalue weighted by molar-refractivity contribution is -0.121. The van der Waals surface area contributed by atoms with Gasteiger partial charge in [0.2, 0.25) is 5.91 Å². The van der Waals surface area contributed by atoms with E-state index >= 15 is 0 Å². The minimum absolute atomic E-state index is 0.0393. The van der Waals surface area contributed by atoms with Gasteiger partial charge in [0.15, 0.2) is 11.2 Å². The number of hydrogen-bond donors (Lipinski definition) is 1. The number of nitrogens with zero attached hydrogens (tertiary/aromatic N) is 5. The Balaban J connectivity index is 1.60. The number of carbonyl (C=O) groups excluding carboxylic acids is 1. The zero-order valence-electron chi connectivity index (χ0n) is 17.8. The first kappa shape index (κ1) is 21.5. The van der Waals surface area contributed by atoms with E-state index in [1.165, 1.54) is 11.6 Å². The molecule has 9 nitrogen and oxygen atoms in total. The van der Waals surface area contributed by atoms with Crippen LogP contribution in [0.2, 0.25) is 0 Å². The maximum atomic E-state index is 12.5. The highest BCUT2D eigenvalue weighted by atomic mass is 16.2. The molecular weight excluding hydrogens is 384 g/mol. The minimum atomic E-state index is -0.411. The molecule has 1 N–H and O–H groups in total. The van der Waals surface area contributed by atoms with Gasteiger partial charge >= 0.3 is 5.69 Å². The summed E-state index contributed by atoms with van der Waals surface area (Å²) in [6, 6.07) is 10.1. The number of aryl methyl sites for hydroxylation is 2. The van der Waals surface area contributed by atoms with Crippen molar-refractivity contribution in [3.8, 4) is 0 Å². The van der Waals surface area contributed by atoms with Crippen molar-refractivity contribution in [3.05, 3.63) is 63.1 Å². The van der Waals surface area contributed by atoms with Crippen molar-refractivity contribution in [1.29, 1.82) is 0 Å². The second-order valence-corrected chi connectivity index (χ2v) is 7.61. The van der Waals surface area contributed by atoms with Gasteiger partial charge in [0.05, 0.1) is 12.4 Å². The van der Waals surface area contributed by atoms with Gasteiger partial charge in [0.1, 0.15) is 0 Å². The molecule has 0 saturated carbocycles. The molecule has 1 atom stereocenters. The SMILES string of the molecule is CN(C)C(CNC(=O)CCCn1cnc2c1c(=O)n(C)c(=O)n2C)c1ccccc1. The third kappa shape index (κ3) is 4.35. The molecule has 3 rings (SSSR count). The lowest BCUT2D eigenvalue weighted by Crippen LogP contribution is -2.37. The van der Waals surface area contributed by atoms with Crippen molar-refractivity contribution in [2.24, 2.45) is 14.1 Å². The Hall–Kier alpha value is -3.20. The number of likely N-dealkylation sites (N-methyl/N-ethyl adjacent to an activating group) is 1. The summed E-state index contributed by atoms with van der Waals surface area (Å²) in [4.78, 5) is 43.1. The van der Waals surface area contributed by atoms with E-state index < -0.39 is 5.69 Å². The van der Waals surface area contributed by atoms with Crippen LogP contribution in [0.5, 0.6) is 0 Å². The molecule has 9 heteroatoms. The van der Waals surface area contributed by atoms with Crippen LogP contribution in [0.4, 0.5) is 0 Å². The number of amides is 1. The van der Waals surface area contributed by atoms with E-state index in [0.29, 0.717) is 37.1 Å². The molecular formula is C21H28N6O3. The van der Waals surface area contributed by atoms with Crippen LogP contribution < -0.4 is 16.6 Å². The van der Waals surface area contributed by atoms with Gasteiger partial charge in [-0.2, -0.15) is 0 Å². The molecule has 30 heavy (non-hydrogen) atoms. The standard InChI is InChI=1S/C21H28N6O3/c1-24(2)16(15-9-6-5-7-10-15)13-22-17(28)11-8-12-27-14-23-19-18(27)20(29)26(4)21(30)25(19)3/h5-7,9-10,14,16H,8,11-13H2,1-4H3,(H,22,28). The summed E-state index contributed by atoms with van der Waals surface area (Å²) >= 11 is 0. The fourth-order valence-corrected chi connectivity index (χ4v) is 3.55. The highest BCUT2D eigenvalue weighted by Gasteiger charge is 2.16. The van der Waals surface area contributed by atoms with Gasteiger partial charge in [-0.15, -0.1) is 0 Å². The van der Waals surface area contributed by atoms with Gasteiger partial charge in [-0.05, 0) is 26.1 Å². The number of aromatic nitrogens is 4. The van der Waals surface area contributed by atoms with Gasteiger partial charge in [-0.1, -0.05) is 30.3 Å². The molecule has 1 unspecified atom stereocenters. The van der Waals surface area contributed by atoms with Crippen LogP contribution in [0.25, 0.3) is 11.2 Å². The molecule has 0 aliphatic heterocycles. The van der Waals surface area contributed by atoms with Crippen LogP contribution in [-0.2, 0) is 25.4 Å². The van der Waals surface area contributed by atoms with Crippen LogP contribution >= 0.6 is 0 Å². The van der Waals surface area contributed by atoms with E-state index in [4.69, 9.17) is 0 Å². The van der Waals surface area contributed by atoms with Crippen molar-refractivity contribution < 1.29 is 4.79 Å². The topological polar surface area (TPSA) is 94.2 Å². The molecule has 0 radical (unpaired) electrons. The van der Waals surface area contributed by atoms with E-state index in [0.717, 1.165) is 10.1 Å². The zero-order valence-corrected chi connectivity index (χ0v) is 17.8. The molecule has 0 saturated heterocycles. The summed E-state index contributed by atoms with van der Waals surface area (Å²) < 4.78 is 4.13. The predicted octanol–water partition coefficient (Wildman–Crippen LogP) is 0.633. The molecule has 0 aliphatic carbocycles. The maximum Gasteiger partial charge on any atom is 0.332 e. The van der Waals surface area contributed by atoms with Crippen molar-refractivity contribution in [2.45, 2.75) is 25.4 Å². The van der Waals surface area contributed by atoms with Crippen LogP contribution in [-0.4, -0.2) is 50.1 Å². The Morgan fingerprint density at radius 1 is 1.13 bits per heavy atom. The van der Waals surface area contributed by atoms with E-state index in [9.17, 15) is 14.4 Å². The summed E-state index contributed by atoms with van der Waals surface area (Å²) in [6.45, 7) is 0.986. The molecule has 0 bridgehead atoms. The summed E-state index contributed by atoms with van der Waals surface area (Å²) in [6.07, 6.45) is 2.43. The fraction of sp³-hybridized carbons (Fsp3) is 0.429. The van der Waals surface area contributed by atoms with Crippen LogP contribution in [0, 0.1) is 0 Å². The highest BCUT2D eigenvalue weighted by Crippen LogP contribution is 2.16. The first-order valence-corrected chi connectivity index (χ1v) is 9.90. The van der Waals surface area contributed by atoms with Crippen LogP contribution in [0.15, 0.2) is 46.2 Å². The molecule has 2 aromatic heterocycles. The Bertz CT molecular complexity index is 1140. The fourth-order valence-electron chi connectivity index (χ4n) is 3.55. The van der Waals surface area contributed by atoms with Gasteiger partial charge in [-0.3, -0.25) is 18.7 Å². The Kier molecular flexibility index (Phi) is 6.51. The monoisotopic (exact) mass is 412 g/mol. The Labute approximate surface area is 174 Å². The predicted molar refractivity (Wildman–Crippen MR) is 115 cm³/mol. The number of imidazole rings is 1. The largest absolute Gasteiger partial charge is 0.354 e. The molecule has 0 spiro atoms. The van der Waals surface area contributed by atoms with E-state index in [2.05, 4.69) is 27.3 Å². The van der Waals surface area contributed by atoms with E-state index in [1.54, 1.807) is 17.9 Å². The van der Waals surface area contributed by atoms with Gasteiger partial charge in [0.25, 0.3) is 5.56 Å². The molecule has 1 amide bonds. The first-order chi connectivity index (χ1) is 14.3. The second kappa shape index (κ2) is 9.08. The molecule has 160 valence electrons. The van der Waals surface area contributed by atoms with Crippen molar-refractivity contribution in [2.75, 3.05) is 20.6 Å². The molecule has 2 heterocycles. The minimum Gasteiger partial charge on any atom is -0.354 e. The van der Waals surface area contributed by atoms with Crippen LogP contribution in [0.3, 0.4) is 0 Å². The molecule has 1 aromatic carbocycles. The maximum absolute atomic E-state index is 12.5. The second-order valence-electron chi connectivity index (χ2n) is 7.61. The summed E-state index contributed by atoms with van der Waals surface area (Å²) in [5.74, 6) is -0.0393. The number of benzene rings is 1. The normalized spacial score (nSPS) is 12.4. The average molecular weight is 412 g/mol. The number of carbonyl (C=O) groups is 1. The highest BCUT2D eigenvalue weighted by molar-refractivity contribution is 5.76. The van der Waals surface area contributed by atoms with Crippen molar-refractivity contribution in [1.82, 2.24) is 28.9 Å². The quantitative estimate of drug-likeness (QED) is 0.586. The summed E-state index contributed by atoms with van der Waals surface area (Å²) in [5.41, 5.74) is 1.08. The number of hydrogen-bond acceptors (Lipinski definition) is 5. The van der Waals surface area contributed by atoms with Gasteiger partial charge in [-0.25, -0.2) is 9.78 Å². The average Bonchev–Trinajstić information content (AvgIpc) is 3.15. The number of fused-ring (bicyclic) bond motifs is 1. The van der Waals surface area contributed by atoms with Crippen molar-refractivity contribution >= 4 is 17.1 Å². The number of nitrogens with one attached hydrogen (secondary N) is 1. The number of rotatable bonds is 8. The lowest BCUT2D eigenvalue weighted by atomic mass is 10.1. The Morgan fingerprint density at radius 2 is 1.83 bits per heavy atom. The van der Waals surface area contributed by atoms with E-state index in [1.807, 2.05) is 32.3 Å². The summed E-state index contributed by atoms with van der Waals surface area (Å²) in [7, 11) is 7.01. The van der Waals surface area contributed by atoms with Crippen molar-refractivity contribution in [3.63, 3.8) is 0 Å². The van der Waals surface area contributed by atoms with Gasteiger partial charge < -0.3 is 14.8 Å². The van der Waals surface area contributed by atoms with E-state index in [-0.39, 0.29) is 17.5 Å². The summed E-state index contributed by atoms with van der Waals surface area (Å²) in [5, 5.41) is 3.00. The lowest BCUT2D eigenvalue weighted by Gasteiger charge is -2.25. The molecule has 0 fully saturated rings. The van der Waals surface area contributed by atoms with Gasteiger partial charge in [0, 0.05) is 33.6 Å². The zero-order chi connectivity index (χ0) is 21.8. The third-order valence-electron chi connectivity index (χ3n) is 5.32. The van der Waals surface area contributed by atoms with Crippen LogP contribution in [0.1, 0.15) is 24.4 Å².